The van der Waals surface area contributed by atoms with E-state index in [1.807, 2.05) is 67.6 Å². The number of nitrogens with zero attached hydrogens (tertiary/aromatic N) is 2. The Hall–Kier alpha value is -3.47. The Bertz CT molecular complexity index is 892. The number of aryl methyl sites for hydroxylation is 1. The molecule has 5 heteroatoms. The van der Waals surface area contributed by atoms with Crippen LogP contribution in [0.2, 0.25) is 0 Å². The summed E-state index contributed by atoms with van der Waals surface area (Å²) in [7, 11) is 0. The van der Waals surface area contributed by atoms with Crippen LogP contribution in [-0.2, 0) is 6.54 Å². The maximum atomic E-state index is 12.6. The second kappa shape index (κ2) is 8.58. The molecule has 3 aromatic rings. The highest BCUT2D eigenvalue weighted by Crippen LogP contribution is 2.07. The number of pyridine rings is 1. The van der Waals surface area contributed by atoms with Gasteiger partial charge in [0, 0.05) is 23.6 Å². The molecule has 0 bridgehead atoms. The number of hydrogen-bond acceptors (Lipinski definition) is 3. The Kier molecular flexibility index (Phi) is 5.72. The van der Waals surface area contributed by atoms with E-state index < -0.39 is 0 Å². The summed E-state index contributed by atoms with van der Waals surface area (Å²) in [5.74, 6) is 0.199. The molecule has 0 saturated carbocycles. The Morgan fingerprint density at radius 3 is 2.50 bits per heavy atom. The van der Waals surface area contributed by atoms with E-state index in [2.05, 4.69) is 20.6 Å². The molecule has 3 rings (SSSR count). The van der Waals surface area contributed by atoms with Crippen LogP contribution in [0.5, 0.6) is 0 Å². The van der Waals surface area contributed by atoms with Crippen LogP contribution in [0.3, 0.4) is 0 Å². The molecular weight excluding hydrogens is 324 g/mol. The summed E-state index contributed by atoms with van der Waals surface area (Å²) in [5.41, 5.74) is 3.49. The highest BCUT2D eigenvalue weighted by Gasteiger charge is 2.09. The van der Waals surface area contributed by atoms with E-state index in [9.17, 15) is 4.79 Å². The smallest absolute Gasteiger partial charge is 0.257 e. The molecule has 0 fully saturated rings. The van der Waals surface area contributed by atoms with E-state index in [0.717, 1.165) is 16.8 Å². The van der Waals surface area contributed by atoms with Crippen molar-refractivity contribution >= 4 is 17.6 Å². The number of aliphatic imine (C=N–C) groups is 1. The molecule has 0 aliphatic carbocycles. The number of anilines is 1. The average Bonchev–Trinajstić information content (AvgIpc) is 2.68. The number of para-hydroxylation sites is 1. The lowest BCUT2D eigenvalue weighted by Gasteiger charge is -2.12. The summed E-state index contributed by atoms with van der Waals surface area (Å²) >= 11 is 0. The Morgan fingerprint density at radius 2 is 1.77 bits per heavy atom. The van der Waals surface area contributed by atoms with E-state index in [0.29, 0.717) is 18.1 Å². The zero-order chi connectivity index (χ0) is 18.2. The Labute approximate surface area is 152 Å². The highest BCUT2D eigenvalue weighted by atomic mass is 16.1. The molecule has 0 spiro atoms. The number of benzene rings is 2. The van der Waals surface area contributed by atoms with Gasteiger partial charge in [-0.1, -0.05) is 35.9 Å². The van der Waals surface area contributed by atoms with E-state index in [1.54, 1.807) is 18.5 Å². The van der Waals surface area contributed by atoms with Crippen molar-refractivity contribution in [2.45, 2.75) is 13.5 Å². The quantitative estimate of drug-likeness (QED) is 0.559. The predicted octanol–water partition coefficient (Wildman–Crippen LogP) is 3.79. The Balaban J connectivity index is 1.78. The lowest BCUT2D eigenvalue weighted by molar-refractivity contribution is 0.0977. The molecule has 0 aliphatic heterocycles. The number of nitrogens with one attached hydrogen (secondary N) is 2. The molecule has 0 aliphatic rings. The van der Waals surface area contributed by atoms with Gasteiger partial charge < -0.3 is 5.32 Å². The molecule has 1 heterocycles. The second-order valence-electron chi connectivity index (χ2n) is 5.83. The van der Waals surface area contributed by atoms with Gasteiger partial charge in [0.15, 0.2) is 0 Å². The van der Waals surface area contributed by atoms with E-state index in [-0.39, 0.29) is 5.91 Å². The number of rotatable bonds is 4. The van der Waals surface area contributed by atoms with E-state index in [4.69, 9.17) is 0 Å². The number of amides is 1. The molecule has 2 aromatic carbocycles. The monoisotopic (exact) mass is 344 g/mol. The molecule has 1 aromatic heterocycles. The topological polar surface area (TPSA) is 66.4 Å². The standard InChI is InChI=1S/C21H20N4O/c1-16-6-5-7-18(14-16)20(26)25-21(24-19-8-3-2-4-9-19)23-15-17-10-12-22-13-11-17/h2-14H,15H2,1H3,(H2,23,24,25,26). The maximum absolute atomic E-state index is 12.6. The van der Waals surface area contributed by atoms with Crippen molar-refractivity contribution in [1.82, 2.24) is 10.3 Å². The summed E-state index contributed by atoms with van der Waals surface area (Å²) < 4.78 is 0. The number of guanidine groups is 1. The van der Waals surface area contributed by atoms with Gasteiger partial charge in [0.1, 0.15) is 0 Å². The van der Waals surface area contributed by atoms with Crippen molar-refractivity contribution in [3.05, 3.63) is 95.8 Å². The van der Waals surface area contributed by atoms with Gasteiger partial charge in [0.05, 0.1) is 6.54 Å². The van der Waals surface area contributed by atoms with Crippen LogP contribution in [0, 0.1) is 6.92 Å². The first kappa shape index (κ1) is 17.4. The van der Waals surface area contributed by atoms with Crippen LogP contribution in [0.4, 0.5) is 5.69 Å². The van der Waals surface area contributed by atoms with Gasteiger partial charge in [-0.15, -0.1) is 0 Å². The molecule has 130 valence electrons. The molecule has 0 saturated heterocycles. The van der Waals surface area contributed by atoms with Gasteiger partial charge in [-0.2, -0.15) is 0 Å². The highest BCUT2D eigenvalue weighted by molar-refractivity contribution is 6.10. The molecule has 26 heavy (non-hydrogen) atoms. The number of carbonyl (C=O) groups is 1. The van der Waals surface area contributed by atoms with Gasteiger partial charge in [-0.3, -0.25) is 15.1 Å². The van der Waals surface area contributed by atoms with Gasteiger partial charge in [-0.05, 0) is 48.9 Å². The van der Waals surface area contributed by atoms with E-state index in [1.165, 1.54) is 0 Å². The lowest BCUT2D eigenvalue weighted by Crippen LogP contribution is -2.36. The van der Waals surface area contributed by atoms with Crippen LogP contribution in [0.25, 0.3) is 0 Å². The minimum Gasteiger partial charge on any atom is -0.326 e. The second-order valence-corrected chi connectivity index (χ2v) is 5.83. The largest absolute Gasteiger partial charge is 0.326 e. The molecule has 0 unspecified atom stereocenters. The van der Waals surface area contributed by atoms with Crippen molar-refractivity contribution < 1.29 is 4.79 Å². The van der Waals surface area contributed by atoms with Gasteiger partial charge in [-0.25, -0.2) is 4.99 Å². The Morgan fingerprint density at radius 1 is 1.00 bits per heavy atom. The van der Waals surface area contributed by atoms with Crippen molar-refractivity contribution in [3.8, 4) is 0 Å². The first-order valence-corrected chi connectivity index (χ1v) is 8.34. The zero-order valence-electron chi connectivity index (χ0n) is 14.5. The van der Waals surface area contributed by atoms with Crippen molar-refractivity contribution in [3.63, 3.8) is 0 Å². The van der Waals surface area contributed by atoms with Crippen molar-refractivity contribution in [1.29, 1.82) is 0 Å². The molecule has 5 nitrogen and oxygen atoms in total. The predicted molar refractivity (Wildman–Crippen MR) is 104 cm³/mol. The van der Waals surface area contributed by atoms with Crippen LogP contribution < -0.4 is 10.6 Å². The van der Waals surface area contributed by atoms with Gasteiger partial charge in [0.25, 0.3) is 5.91 Å². The third-order valence-electron chi connectivity index (χ3n) is 3.72. The molecule has 0 atom stereocenters. The number of carbonyl (C=O) groups excluding carboxylic acids is 1. The average molecular weight is 344 g/mol. The van der Waals surface area contributed by atoms with Crippen LogP contribution in [-0.4, -0.2) is 16.9 Å². The molecule has 1 amide bonds. The summed E-state index contributed by atoms with van der Waals surface area (Å²) in [6.07, 6.45) is 3.45. The van der Waals surface area contributed by atoms with Crippen molar-refractivity contribution in [2.24, 2.45) is 4.99 Å². The normalized spacial score (nSPS) is 11.0. The number of aromatic nitrogens is 1. The molecule has 0 radical (unpaired) electrons. The fourth-order valence-corrected chi connectivity index (χ4v) is 2.39. The number of hydrogen-bond donors (Lipinski definition) is 2. The fourth-order valence-electron chi connectivity index (χ4n) is 2.39. The summed E-state index contributed by atoms with van der Waals surface area (Å²) in [4.78, 5) is 21.1. The van der Waals surface area contributed by atoms with E-state index >= 15 is 0 Å². The first-order chi connectivity index (χ1) is 12.7. The van der Waals surface area contributed by atoms with Crippen LogP contribution in [0.1, 0.15) is 21.5 Å². The molecular formula is C21H20N4O. The third kappa shape index (κ3) is 5.01. The van der Waals surface area contributed by atoms with Crippen LogP contribution >= 0.6 is 0 Å². The summed E-state index contributed by atoms with van der Waals surface area (Å²) in [6.45, 7) is 2.39. The lowest BCUT2D eigenvalue weighted by atomic mass is 10.1. The van der Waals surface area contributed by atoms with Crippen LogP contribution in [0.15, 0.2) is 84.1 Å². The summed E-state index contributed by atoms with van der Waals surface area (Å²) in [5, 5.41) is 6.03. The van der Waals surface area contributed by atoms with Gasteiger partial charge >= 0.3 is 0 Å². The third-order valence-corrected chi connectivity index (χ3v) is 3.72. The molecule has 2 N–H and O–H groups in total. The minimum atomic E-state index is -0.203. The minimum absolute atomic E-state index is 0.203. The summed E-state index contributed by atoms with van der Waals surface area (Å²) in [6, 6.07) is 20.9. The first-order valence-electron chi connectivity index (χ1n) is 8.34. The maximum Gasteiger partial charge on any atom is 0.257 e. The SMILES string of the molecule is Cc1cccc(C(=O)NC(=NCc2ccncc2)Nc2ccccc2)c1. The fraction of sp³-hybridized carbons (Fsp3) is 0.0952. The zero-order valence-corrected chi connectivity index (χ0v) is 14.5. The van der Waals surface area contributed by atoms with Gasteiger partial charge in [0.2, 0.25) is 5.96 Å². The van der Waals surface area contributed by atoms with Crippen molar-refractivity contribution in [2.75, 3.05) is 5.32 Å².